The molecule has 0 saturated heterocycles. The van der Waals surface area contributed by atoms with Crippen LogP contribution < -0.4 is 0 Å². The van der Waals surface area contributed by atoms with Crippen molar-refractivity contribution in [1.29, 1.82) is 0 Å². The predicted molar refractivity (Wildman–Crippen MR) is 66.4 cm³/mol. The van der Waals surface area contributed by atoms with E-state index in [1.165, 1.54) is 12.0 Å². The van der Waals surface area contributed by atoms with Gasteiger partial charge in [-0.05, 0) is 38.9 Å². The van der Waals surface area contributed by atoms with E-state index in [2.05, 4.69) is 4.98 Å². The highest BCUT2D eigenvalue weighted by molar-refractivity contribution is 7.96. The van der Waals surface area contributed by atoms with Crippen LogP contribution in [0.3, 0.4) is 0 Å². The summed E-state index contributed by atoms with van der Waals surface area (Å²) >= 11 is 6.96. The first kappa shape index (κ1) is 15.6. The van der Waals surface area contributed by atoms with E-state index in [0.29, 0.717) is 5.69 Å². The topological polar surface area (TPSA) is 22.1 Å². The lowest BCUT2D eigenvalue weighted by Gasteiger charge is -2.16. The van der Waals surface area contributed by atoms with E-state index in [-0.39, 0.29) is 16.4 Å². The van der Waals surface area contributed by atoms with Gasteiger partial charge < -0.3 is 4.18 Å². The third-order valence-electron chi connectivity index (χ3n) is 1.75. The van der Waals surface area contributed by atoms with E-state index >= 15 is 0 Å². The molecular formula is C11H13ClF3NOS. The molecule has 18 heavy (non-hydrogen) atoms. The fourth-order valence-electron chi connectivity index (χ4n) is 0.990. The standard InChI is InChI=1S/C11H13ClF3NOS/c1-10(2,3)18-17-6-9-8(12)4-7(5-16-9)11(13,14)15/h4-5H,6H2,1-3H3. The van der Waals surface area contributed by atoms with Gasteiger partial charge >= 0.3 is 6.18 Å². The molecule has 0 bridgehead atoms. The molecule has 7 heteroatoms. The molecule has 0 unspecified atom stereocenters. The fourth-order valence-corrected chi connectivity index (χ4v) is 1.73. The summed E-state index contributed by atoms with van der Waals surface area (Å²) in [7, 11) is 0. The average molecular weight is 300 g/mol. The van der Waals surface area contributed by atoms with Gasteiger partial charge in [-0.2, -0.15) is 13.2 Å². The molecule has 1 aromatic heterocycles. The Labute approximate surface area is 113 Å². The van der Waals surface area contributed by atoms with Crippen LogP contribution in [0.1, 0.15) is 32.0 Å². The van der Waals surface area contributed by atoms with Crippen LogP contribution in [0.25, 0.3) is 0 Å². The molecule has 0 aliphatic heterocycles. The molecule has 0 atom stereocenters. The van der Waals surface area contributed by atoms with Crippen LogP contribution in [0.5, 0.6) is 0 Å². The zero-order chi connectivity index (χ0) is 14.0. The van der Waals surface area contributed by atoms with Crippen molar-refractivity contribution in [3.05, 3.63) is 28.5 Å². The van der Waals surface area contributed by atoms with E-state index in [1.807, 2.05) is 20.8 Å². The van der Waals surface area contributed by atoms with Crippen molar-refractivity contribution < 1.29 is 17.4 Å². The molecule has 0 aromatic carbocycles. The van der Waals surface area contributed by atoms with E-state index in [0.717, 1.165) is 12.3 Å². The second kappa shape index (κ2) is 5.67. The molecule has 1 aromatic rings. The highest BCUT2D eigenvalue weighted by atomic mass is 35.5. The summed E-state index contributed by atoms with van der Waals surface area (Å²) in [5.41, 5.74) is -0.568. The normalized spacial score (nSPS) is 12.8. The van der Waals surface area contributed by atoms with Gasteiger partial charge in [-0.15, -0.1) is 0 Å². The van der Waals surface area contributed by atoms with Gasteiger partial charge in [0.25, 0.3) is 0 Å². The minimum absolute atomic E-state index is 0.0423. The van der Waals surface area contributed by atoms with Gasteiger partial charge in [0.2, 0.25) is 0 Å². The molecule has 0 amide bonds. The van der Waals surface area contributed by atoms with Crippen LogP contribution in [-0.2, 0) is 17.0 Å². The minimum atomic E-state index is -4.43. The predicted octanol–water partition coefficient (Wildman–Crippen LogP) is 4.72. The van der Waals surface area contributed by atoms with Gasteiger partial charge in [0, 0.05) is 10.9 Å². The molecule has 0 spiro atoms. The highest BCUT2D eigenvalue weighted by Crippen LogP contribution is 2.32. The molecule has 0 N–H and O–H groups in total. The maximum absolute atomic E-state index is 12.4. The minimum Gasteiger partial charge on any atom is -0.308 e. The van der Waals surface area contributed by atoms with Crippen molar-refractivity contribution in [2.75, 3.05) is 0 Å². The fraction of sp³-hybridized carbons (Fsp3) is 0.545. The number of halogens is 4. The van der Waals surface area contributed by atoms with Crippen LogP contribution in [0.15, 0.2) is 12.3 Å². The Balaban J connectivity index is 2.69. The van der Waals surface area contributed by atoms with Crippen molar-refractivity contribution in [2.45, 2.75) is 38.3 Å². The zero-order valence-electron chi connectivity index (χ0n) is 10.1. The second-order valence-corrected chi connectivity index (χ2v) is 6.64. The van der Waals surface area contributed by atoms with Crippen LogP contribution in [-0.4, -0.2) is 9.73 Å². The number of aromatic nitrogens is 1. The van der Waals surface area contributed by atoms with E-state index in [4.69, 9.17) is 15.8 Å². The first-order valence-corrected chi connectivity index (χ1v) is 6.24. The molecule has 0 radical (unpaired) electrons. The second-order valence-electron chi connectivity index (χ2n) is 4.61. The number of nitrogens with zero attached hydrogens (tertiary/aromatic N) is 1. The molecular weight excluding hydrogens is 287 g/mol. The lowest BCUT2D eigenvalue weighted by atomic mass is 10.2. The lowest BCUT2D eigenvalue weighted by molar-refractivity contribution is -0.137. The SMILES string of the molecule is CC(C)(C)SOCc1ncc(C(F)(F)F)cc1Cl. The quantitative estimate of drug-likeness (QED) is 0.754. The Morgan fingerprint density at radius 2 is 1.94 bits per heavy atom. The summed E-state index contributed by atoms with van der Waals surface area (Å²) in [6.45, 7) is 5.94. The first-order valence-electron chi connectivity index (χ1n) is 5.12. The highest BCUT2D eigenvalue weighted by Gasteiger charge is 2.31. The van der Waals surface area contributed by atoms with Gasteiger partial charge in [-0.25, -0.2) is 0 Å². The lowest BCUT2D eigenvalue weighted by Crippen LogP contribution is -2.09. The van der Waals surface area contributed by atoms with E-state index < -0.39 is 11.7 Å². The molecule has 102 valence electrons. The number of rotatable bonds is 3. The van der Waals surface area contributed by atoms with Gasteiger partial charge in [0.1, 0.15) is 6.61 Å². The Bertz CT molecular complexity index is 418. The van der Waals surface area contributed by atoms with Crippen LogP contribution in [0.4, 0.5) is 13.2 Å². The summed E-state index contributed by atoms with van der Waals surface area (Å²) in [5.74, 6) is 0. The van der Waals surface area contributed by atoms with Gasteiger partial charge in [-0.1, -0.05) is 11.6 Å². The third-order valence-corrected chi connectivity index (χ3v) is 2.81. The maximum atomic E-state index is 12.4. The van der Waals surface area contributed by atoms with Crippen LogP contribution >= 0.6 is 23.6 Å². The Kier molecular flexibility index (Phi) is 4.91. The number of alkyl halides is 3. The third kappa shape index (κ3) is 5.04. The summed E-state index contributed by atoms with van der Waals surface area (Å²) in [4.78, 5) is 3.67. The largest absolute Gasteiger partial charge is 0.417 e. The molecule has 1 heterocycles. The number of pyridine rings is 1. The molecule has 0 fully saturated rings. The summed E-state index contributed by atoms with van der Waals surface area (Å²) in [6, 6.07) is 0.856. The van der Waals surface area contributed by atoms with Gasteiger partial charge in [0.05, 0.1) is 16.3 Å². The molecule has 2 nitrogen and oxygen atoms in total. The van der Waals surface area contributed by atoms with Crippen LogP contribution in [0.2, 0.25) is 5.02 Å². The smallest absolute Gasteiger partial charge is 0.308 e. The molecule has 0 aliphatic rings. The molecule has 0 saturated carbocycles. The summed E-state index contributed by atoms with van der Waals surface area (Å²) < 4.78 is 42.3. The average Bonchev–Trinajstić information content (AvgIpc) is 2.17. The van der Waals surface area contributed by atoms with Crippen molar-refractivity contribution in [3.63, 3.8) is 0 Å². The van der Waals surface area contributed by atoms with Crippen molar-refractivity contribution in [2.24, 2.45) is 0 Å². The number of hydrogen-bond donors (Lipinski definition) is 0. The van der Waals surface area contributed by atoms with E-state index in [9.17, 15) is 13.2 Å². The van der Waals surface area contributed by atoms with Gasteiger partial charge in [0.15, 0.2) is 0 Å². The van der Waals surface area contributed by atoms with E-state index in [1.54, 1.807) is 0 Å². The van der Waals surface area contributed by atoms with Gasteiger partial charge in [-0.3, -0.25) is 4.98 Å². The molecule has 0 aliphatic carbocycles. The number of hydrogen-bond acceptors (Lipinski definition) is 3. The van der Waals surface area contributed by atoms with Crippen molar-refractivity contribution in [3.8, 4) is 0 Å². The zero-order valence-corrected chi connectivity index (χ0v) is 11.7. The Morgan fingerprint density at radius 3 is 2.39 bits per heavy atom. The first-order chi connectivity index (χ1) is 8.09. The monoisotopic (exact) mass is 299 g/mol. The summed E-state index contributed by atoms with van der Waals surface area (Å²) in [5, 5.41) is -0.0423. The Hall–Kier alpha value is -0.460. The van der Waals surface area contributed by atoms with Crippen LogP contribution in [0, 0.1) is 0 Å². The van der Waals surface area contributed by atoms with Crippen molar-refractivity contribution in [1.82, 2.24) is 4.98 Å². The molecule has 1 rings (SSSR count). The maximum Gasteiger partial charge on any atom is 0.417 e. The summed E-state index contributed by atoms with van der Waals surface area (Å²) in [6.07, 6.45) is -3.68. The Morgan fingerprint density at radius 1 is 1.33 bits per heavy atom. The van der Waals surface area contributed by atoms with Crippen molar-refractivity contribution >= 4 is 23.6 Å².